The van der Waals surface area contributed by atoms with Crippen LogP contribution in [0.2, 0.25) is 0 Å². The van der Waals surface area contributed by atoms with Gasteiger partial charge in [-0.3, -0.25) is 0 Å². The fourth-order valence-electron chi connectivity index (χ4n) is 2.10. The molecule has 0 unspecified atom stereocenters. The maximum atomic E-state index is 9.94. The molecule has 0 aliphatic heterocycles. The van der Waals surface area contributed by atoms with E-state index in [0.29, 0.717) is 11.4 Å². The van der Waals surface area contributed by atoms with Crippen LogP contribution in [0.25, 0.3) is 0 Å². The van der Waals surface area contributed by atoms with Crippen molar-refractivity contribution in [2.45, 2.75) is 6.92 Å². The summed E-state index contributed by atoms with van der Waals surface area (Å²) in [5.41, 5.74) is 2.41. The molecular formula is C19H16N4O3. The summed E-state index contributed by atoms with van der Waals surface area (Å²) < 4.78 is 0. The quantitative estimate of drug-likeness (QED) is 0.507. The van der Waals surface area contributed by atoms with E-state index < -0.39 is 0 Å². The average Bonchev–Trinajstić information content (AvgIpc) is 2.61. The van der Waals surface area contributed by atoms with E-state index in [-0.39, 0.29) is 28.6 Å². The predicted octanol–water partition coefficient (Wildman–Crippen LogP) is 5.94. The Hall–Kier alpha value is -3.74. The first-order valence-electron chi connectivity index (χ1n) is 7.76. The molecule has 0 aliphatic carbocycles. The number of aryl methyl sites for hydroxylation is 1. The van der Waals surface area contributed by atoms with Crippen LogP contribution in [0, 0.1) is 6.92 Å². The van der Waals surface area contributed by atoms with Gasteiger partial charge in [0.05, 0.1) is 11.4 Å². The highest BCUT2D eigenvalue weighted by Crippen LogP contribution is 2.39. The molecule has 7 nitrogen and oxygen atoms in total. The minimum Gasteiger partial charge on any atom is -0.508 e. The number of phenols is 3. The van der Waals surface area contributed by atoms with Crippen molar-refractivity contribution in [3.05, 3.63) is 66.2 Å². The summed E-state index contributed by atoms with van der Waals surface area (Å²) in [5.74, 6) is -0.417. The summed E-state index contributed by atoms with van der Waals surface area (Å²) in [4.78, 5) is 0. The fourth-order valence-corrected chi connectivity index (χ4v) is 2.10. The zero-order valence-corrected chi connectivity index (χ0v) is 13.9. The van der Waals surface area contributed by atoms with E-state index in [1.807, 2.05) is 19.1 Å². The Kier molecular flexibility index (Phi) is 4.89. The van der Waals surface area contributed by atoms with Crippen molar-refractivity contribution in [3.63, 3.8) is 0 Å². The Morgan fingerprint density at radius 1 is 0.615 bits per heavy atom. The normalized spacial score (nSPS) is 11.4. The first-order valence-corrected chi connectivity index (χ1v) is 7.76. The van der Waals surface area contributed by atoms with Crippen LogP contribution in [0.15, 0.2) is 81.1 Å². The Balaban J connectivity index is 1.88. The van der Waals surface area contributed by atoms with Gasteiger partial charge in [-0.2, -0.15) is 10.2 Å². The second-order valence-electron chi connectivity index (χ2n) is 5.59. The molecule has 0 atom stereocenters. The molecule has 0 fully saturated rings. The molecule has 3 rings (SSSR count). The van der Waals surface area contributed by atoms with Crippen LogP contribution in [0.4, 0.5) is 22.7 Å². The minimum absolute atomic E-state index is 0.0592. The van der Waals surface area contributed by atoms with Crippen molar-refractivity contribution in [2.75, 3.05) is 0 Å². The van der Waals surface area contributed by atoms with Crippen LogP contribution in [0.1, 0.15) is 5.56 Å². The Bertz CT molecular complexity index is 983. The molecule has 0 spiro atoms. The first kappa shape index (κ1) is 17.1. The van der Waals surface area contributed by atoms with E-state index in [4.69, 9.17) is 0 Å². The van der Waals surface area contributed by atoms with E-state index in [9.17, 15) is 15.3 Å². The van der Waals surface area contributed by atoms with E-state index in [0.717, 1.165) is 11.6 Å². The van der Waals surface area contributed by atoms with Gasteiger partial charge in [0.15, 0.2) is 0 Å². The lowest BCUT2D eigenvalue weighted by Crippen LogP contribution is -1.73. The number of hydrogen-bond acceptors (Lipinski definition) is 7. The summed E-state index contributed by atoms with van der Waals surface area (Å²) in [6.07, 6.45) is 0. The average molecular weight is 348 g/mol. The topological polar surface area (TPSA) is 110 Å². The van der Waals surface area contributed by atoms with Crippen molar-refractivity contribution < 1.29 is 15.3 Å². The molecule has 0 radical (unpaired) electrons. The molecule has 130 valence electrons. The number of hydrogen-bond donors (Lipinski definition) is 3. The molecule has 3 N–H and O–H groups in total. The minimum atomic E-state index is -0.249. The maximum Gasteiger partial charge on any atom is 0.146 e. The molecule has 26 heavy (non-hydrogen) atoms. The van der Waals surface area contributed by atoms with Gasteiger partial charge >= 0.3 is 0 Å². The summed E-state index contributed by atoms with van der Waals surface area (Å²) >= 11 is 0. The molecule has 0 aliphatic rings. The lowest BCUT2D eigenvalue weighted by molar-refractivity contribution is 0.452. The third kappa shape index (κ3) is 4.21. The monoisotopic (exact) mass is 348 g/mol. The van der Waals surface area contributed by atoms with E-state index >= 15 is 0 Å². The van der Waals surface area contributed by atoms with Crippen molar-refractivity contribution in [1.29, 1.82) is 0 Å². The van der Waals surface area contributed by atoms with Gasteiger partial charge in [-0.15, -0.1) is 10.2 Å². The Labute approximate surface area is 149 Å². The van der Waals surface area contributed by atoms with Crippen molar-refractivity contribution >= 4 is 22.7 Å². The standard InChI is InChI=1S/C19H16N4O3/c1-12-5-7-13(8-6-12)20-22-16-10-17(19(26)11-18(16)25)23-21-14-3-2-4-15(24)9-14/h2-11,24-26H,1H3. The number of phenolic OH excluding ortho intramolecular Hbond substituents is 3. The number of aromatic hydroxyl groups is 3. The number of nitrogens with zero attached hydrogens (tertiary/aromatic N) is 4. The van der Waals surface area contributed by atoms with Gasteiger partial charge in [0.1, 0.15) is 28.6 Å². The highest BCUT2D eigenvalue weighted by molar-refractivity contribution is 5.65. The Morgan fingerprint density at radius 2 is 1.23 bits per heavy atom. The van der Waals surface area contributed by atoms with E-state index in [1.165, 1.54) is 18.2 Å². The molecule has 0 heterocycles. The van der Waals surface area contributed by atoms with Crippen molar-refractivity contribution in [1.82, 2.24) is 0 Å². The molecule has 0 saturated carbocycles. The van der Waals surface area contributed by atoms with Crippen molar-refractivity contribution in [2.24, 2.45) is 20.5 Å². The van der Waals surface area contributed by atoms with Gasteiger partial charge in [-0.1, -0.05) is 23.8 Å². The van der Waals surface area contributed by atoms with Crippen LogP contribution in [0.5, 0.6) is 17.2 Å². The summed E-state index contributed by atoms with van der Waals surface area (Å²) in [6, 6.07) is 16.1. The van der Waals surface area contributed by atoms with Gasteiger partial charge in [0, 0.05) is 18.2 Å². The third-order valence-corrected chi connectivity index (χ3v) is 3.48. The molecule has 0 saturated heterocycles. The second-order valence-corrected chi connectivity index (χ2v) is 5.59. The maximum absolute atomic E-state index is 9.94. The molecular weight excluding hydrogens is 332 g/mol. The summed E-state index contributed by atoms with van der Waals surface area (Å²) in [7, 11) is 0. The lowest BCUT2D eigenvalue weighted by Gasteiger charge is -2.02. The summed E-state index contributed by atoms with van der Waals surface area (Å²) in [6.45, 7) is 1.97. The third-order valence-electron chi connectivity index (χ3n) is 3.48. The van der Waals surface area contributed by atoms with Crippen LogP contribution in [-0.2, 0) is 0 Å². The molecule has 7 heteroatoms. The van der Waals surface area contributed by atoms with Crippen molar-refractivity contribution in [3.8, 4) is 17.2 Å². The van der Waals surface area contributed by atoms with E-state index in [1.54, 1.807) is 24.3 Å². The predicted molar refractivity (Wildman–Crippen MR) is 97.4 cm³/mol. The molecule has 0 bridgehead atoms. The van der Waals surface area contributed by atoms with Crippen LogP contribution in [-0.4, -0.2) is 15.3 Å². The zero-order valence-electron chi connectivity index (χ0n) is 13.9. The second kappa shape index (κ2) is 7.43. The van der Waals surface area contributed by atoms with Gasteiger partial charge in [-0.05, 0) is 31.2 Å². The van der Waals surface area contributed by atoms with Crippen LogP contribution < -0.4 is 0 Å². The molecule has 3 aromatic rings. The van der Waals surface area contributed by atoms with Crippen LogP contribution >= 0.6 is 0 Å². The summed E-state index contributed by atoms with van der Waals surface area (Å²) in [5, 5.41) is 45.2. The highest BCUT2D eigenvalue weighted by atomic mass is 16.3. The zero-order chi connectivity index (χ0) is 18.5. The molecule has 0 amide bonds. The SMILES string of the molecule is Cc1ccc(N=Nc2cc(N=Nc3cccc(O)c3)c(O)cc2O)cc1. The number of azo groups is 2. The fraction of sp³-hybridized carbons (Fsp3) is 0.0526. The highest BCUT2D eigenvalue weighted by Gasteiger charge is 2.08. The molecule has 0 aromatic heterocycles. The first-order chi connectivity index (χ1) is 12.5. The van der Waals surface area contributed by atoms with Gasteiger partial charge in [0.2, 0.25) is 0 Å². The van der Waals surface area contributed by atoms with Gasteiger partial charge < -0.3 is 15.3 Å². The smallest absolute Gasteiger partial charge is 0.146 e. The number of benzene rings is 3. The van der Waals surface area contributed by atoms with Gasteiger partial charge in [-0.25, -0.2) is 0 Å². The lowest BCUT2D eigenvalue weighted by atomic mass is 10.2. The van der Waals surface area contributed by atoms with Crippen LogP contribution in [0.3, 0.4) is 0 Å². The number of rotatable bonds is 4. The molecule has 3 aromatic carbocycles. The van der Waals surface area contributed by atoms with E-state index in [2.05, 4.69) is 20.5 Å². The Morgan fingerprint density at radius 3 is 1.85 bits per heavy atom. The van der Waals surface area contributed by atoms with Gasteiger partial charge in [0.25, 0.3) is 0 Å². The largest absolute Gasteiger partial charge is 0.508 e.